The number of nitrogens with zero attached hydrogens (tertiary/aromatic N) is 2. The Morgan fingerprint density at radius 1 is 1.12 bits per heavy atom. The zero-order valence-corrected chi connectivity index (χ0v) is 12.8. The molecule has 0 bridgehead atoms. The van der Waals surface area contributed by atoms with E-state index in [4.69, 9.17) is 14.7 Å². The van der Waals surface area contributed by atoms with Gasteiger partial charge in [0.1, 0.15) is 11.8 Å². The van der Waals surface area contributed by atoms with Gasteiger partial charge in [-0.3, -0.25) is 4.79 Å². The highest BCUT2D eigenvalue weighted by Gasteiger charge is 2.17. The van der Waals surface area contributed by atoms with Crippen molar-refractivity contribution in [3.05, 3.63) is 60.0 Å². The summed E-state index contributed by atoms with van der Waals surface area (Å²) in [5.74, 6) is -0.0693. The molecule has 0 aliphatic rings. The minimum atomic E-state index is -0.626. The molecule has 0 radical (unpaired) electrons. The molecule has 24 heavy (non-hydrogen) atoms. The number of para-hydroxylation sites is 2. The Bertz CT molecular complexity index is 1030. The molecule has 0 saturated carbocycles. The van der Waals surface area contributed by atoms with E-state index in [0.29, 0.717) is 11.5 Å². The Morgan fingerprint density at radius 2 is 1.96 bits per heavy atom. The number of aryl methyl sites for hydroxylation is 1. The number of carbonyl (C=O) groups is 1. The van der Waals surface area contributed by atoms with Crippen LogP contribution in [0.3, 0.4) is 0 Å². The molecule has 2 N–H and O–H groups in total. The Hall–Kier alpha value is -3.41. The molecule has 0 atom stereocenters. The van der Waals surface area contributed by atoms with E-state index >= 15 is 0 Å². The minimum Gasteiger partial charge on any atom is -0.436 e. The number of nitrogens with two attached hydrogens (primary N) is 1. The lowest BCUT2D eigenvalue weighted by atomic mass is 10.00. The average molecular weight is 319 g/mol. The molecule has 0 saturated heterocycles. The summed E-state index contributed by atoms with van der Waals surface area (Å²) in [5, 5.41) is 3.65. The molecule has 4 aromatic rings. The molecule has 1 amide bonds. The van der Waals surface area contributed by atoms with Gasteiger partial charge in [-0.05, 0) is 36.2 Å². The van der Waals surface area contributed by atoms with Crippen LogP contribution in [0.5, 0.6) is 0 Å². The van der Waals surface area contributed by atoms with Crippen LogP contribution in [0, 0.1) is 6.92 Å². The molecule has 0 aliphatic heterocycles. The molecular weight excluding hydrogens is 306 g/mol. The van der Waals surface area contributed by atoms with E-state index in [1.807, 2.05) is 49.4 Å². The van der Waals surface area contributed by atoms with E-state index in [1.54, 1.807) is 0 Å². The van der Waals surface area contributed by atoms with Gasteiger partial charge in [0.05, 0.1) is 5.56 Å². The quantitative estimate of drug-likeness (QED) is 0.623. The topological polar surface area (TPSA) is 95.2 Å². The molecule has 4 rings (SSSR count). The van der Waals surface area contributed by atoms with Crippen molar-refractivity contribution in [2.75, 3.05) is 0 Å². The number of oxazole rings is 1. The van der Waals surface area contributed by atoms with Crippen molar-refractivity contribution in [3.8, 4) is 22.6 Å². The molecule has 0 fully saturated rings. The first kappa shape index (κ1) is 14.2. The maximum absolute atomic E-state index is 11.4. The van der Waals surface area contributed by atoms with Crippen molar-refractivity contribution in [2.45, 2.75) is 6.92 Å². The second kappa shape index (κ2) is 5.34. The smallest absolute Gasteiger partial charge is 0.271 e. The second-order valence-electron chi connectivity index (χ2n) is 5.46. The lowest BCUT2D eigenvalue weighted by molar-refractivity contribution is 0.0992. The van der Waals surface area contributed by atoms with Crippen LogP contribution in [0.15, 0.2) is 57.7 Å². The van der Waals surface area contributed by atoms with Crippen molar-refractivity contribution < 1.29 is 13.7 Å². The first-order valence-corrected chi connectivity index (χ1v) is 7.34. The van der Waals surface area contributed by atoms with Crippen LogP contribution in [-0.4, -0.2) is 16.0 Å². The van der Waals surface area contributed by atoms with E-state index < -0.39 is 5.91 Å². The summed E-state index contributed by atoms with van der Waals surface area (Å²) in [4.78, 5) is 15.9. The standard InChI is InChI=1S/C18H13N3O3/c1-10-8-11(13-9-23-21-16(13)17(19)22)6-7-12(10)18-20-14-4-2-3-5-15(14)24-18/h2-9H,1H3,(H2,19,22). The predicted octanol–water partition coefficient (Wildman–Crippen LogP) is 3.56. The highest BCUT2D eigenvalue weighted by molar-refractivity contribution is 5.97. The summed E-state index contributed by atoms with van der Waals surface area (Å²) in [6.45, 7) is 1.95. The summed E-state index contributed by atoms with van der Waals surface area (Å²) in [6.07, 6.45) is 1.41. The Balaban J connectivity index is 1.79. The number of primary amides is 1. The second-order valence-corrected chi connectivity index (χ2v) is 5.46. The van der Waals surface area contributed by atoms with Gasteiger partial charge in [0, 0.05) is 5.56 Å². The number of carbonyl (C=O) groups excluding carboxylic acids is 1. The van der Waals surface area contributed by atoms with Crippen LogP contribution in [0.4, 0.5) is 0 Å². The number of amides is 1. The molecule has 6 heteroatoms. The fraction of sp³-hybridized carbons (Fsp3) is 0.0556. The highest BCUT2D eigenvalue weighted by atomic mass is 16.5. The van der Waals surface area contributed by atoms with Gasteiger partial charge in [0.25, 0.3) is 5.91 Å². The lowest BCUT2D eigenvalue weighted by Crippen LogP contribution is -2.12. The Labute approximate surface area is 136 Å². The molecule has 0 spiro atoms. The van der Waals surface area contributed by atoms with Crippen molar-refractivity contribution in [1.29, 1.82) is 0 Å². The third-order valence-corrected chi connectivity index (χ3v) is 3.86. The monoisotopic (exact) mass is 319 g/mol. The summed E-state index contributed by atoms with van der Waals surface area (Å²) < 4.78 is 10.7. The summed E-state index contributed by atoms with van der Waals surface area (Å²) in [5.41, 5.74) is 10.2. The molecular formula is C18H13N3O3. The number of benzene rings is 2. The van der Waals surface area contributed by atoms with E-state index in [1.165, 1.54) is 6.26 Å². The van der Waals surface area contributed by atoms with Crippen LogP contribution in [0.25, 0.3) is 33.7 Å². The summed E-state index contributed by atoms with van der Waals surface area (Å²) >= 11 is 0. The largest absolute Gasteiger partial charge is 0.436 e. The first-order chi connectivity index (χ1) is 11.6. The zero-order chi connectivity index (χ0) is 16.7. The third kappa shape index (κ3) is 2.25. The van der Waals surface area contributed by atoms with Crippen molar-refractivity contribution in [3.63, 3.8) is 0 Å². The van der Waals surface area contributed by atoms with E-state index in [-0.39, 0.29) is 5.69 Å². The average Bonchev–Trinajstić information content (AvgIpc) is 3.21. The van der Waals surface area contributed by atoms with E-state index in [0.717, 1.165) is 27.8 Å². The van der Waals surface area contributed by atoms with Gasteiger partial charge in [-0.2, -0.15) is 0 Å². The van der Waals surface area contributed by atoms with Crippen LogP contribution < -0.4 is 5.73 Å². The first-order valence-electron chi connectivity index (χ1n) is 7.34. The van der Waals surface area contributed by atoms with Gasteiger partial charge in [-0.25, -0.2) is 4.98 Å². The third-order valence-electron chi connectivity index (χ3n) is 3.86. The SMILES string of the molecule is Cc1cc(-c2conc2C(N)=O)ccc1-c1nc2ccccc2o1. The normalized spacial score (nSPS) is 11.0. The predicted molar refractivity (Wildman–Crippen MR) is 88.2 cm³/mol. The number of aromatic nitrogens is 2. The number of rotatable bonds is 3. The van der Waals surface area contributed by atoms with Crippen molar-refractivity contribution >= 4 is 17.0 Å². The Kier molecular flexibility index (Phi) is 3.16. The van der Waals surface area contributed by atoms with E-state index in [2.05, 4.69) is 10.1 Å². The van der Waals surface area contributed by atoms with Crippen LogP contribution in [0.1, 0.15) is 16.1 Å². The highest BCUT2D eigenvalue weighted by Crippen LogP contribution is 2.31. The van der Waals surface area contributed by atoms with Crippen LogP contribution in [-0.2, 0) is 0 Å². The van der Waals surface area contributed by atoms with Crippen molar-refractivity contribution in [2.24, 2.45) is 5.73 Å². The summed E-state index contributed by atoms with van der Waals surface area (Å²) in [7, 11) is 0. The van der Waals surface area contributed by atoms with Gasteiger partial charge >= 0.3 is 0 Å². The maximum Gasteiger partial charge on any atom is 0.271 e. The van der Waals surface area contributed by atoms with Gasteiger partial charge in [-0.1, -0.05) is 29.4 Å². The van der Waals surface area contributed by atoms with Gasteiger partial charge in [-0.15, -0.1) is 0 Å². The van der Waals surface area contributed by atoms with Crippen LogP contribution >= 0.6 is 0 Å². The number of fused-ring (bicyclic) bond motifs is 1. The molecule has 0 unspecified atom stereocenters. The minimum absolute atomic E-state index is 0.115. The Morgan fingerprint density at radius 3 is 2.71 bits per heavy atom. The fourth-order valence-corrected chi connectivity index (χ4v) is 2.68. The molecule has 2 aromatic carbocycles. The molecule has 2 aromatic heterocycles. The summed E-state index contributed by atoms with van der Waals surface area (Å²) in [6, 6.07) is 13.3. The molecule has 0 aliphatic carbocycles. The van der Waals surface area contributed by atoms with Crippen molar-refractivity contribution in [1.82, 2.24) is 10.1 Å². The van der Waals surface area contributed by atoms with Gasteiger partial charge in [0.2, 0.25) is 5.89 Å². The fourth-order valence-electron chi connectivity index (χ4n) is 2.68. The lowest BCUT2D eigenvalue weighted by Gasteiger charge is -2.05. The zero-order valence-electron chi connectivity index (χ0n) is 12.8. The van der Waals surface area contributed by atoms with E-state index in [9.17, 15) is 4.79 Å². The van der Waals surface area contributed by atoms with Gasteiger partial charge < -0.3 is 14.7 Å². The molecule has 118 valence electrons. The molecule has 6 nitrogen and oxygen atoms in total. The van der Waals surface area contributed by atoms with Gasteiger partial charge in [0.15, 0.2) is 11.3 Å². The number of hydrogen-bond acceptors (Lipinski definition) is 5. The maximum atomic E-state index is 11.4. The molecule has 2 heterocycles. The van der Waals surface area contributed by atoms with Crippen LogP contribution in [0.2, 0.25) is 0 Å². The number of hydrogen-bond donors (Lipinski definition) is 1.